The molecule has 1 aliphatic carbocycles. The smallest absolute Gasteiger partial charge is 0.223 e. The lowest BCUT2D eigenvalue weighted by Gasteiger charge is -2.27. The molecule has 0 unspecified atom stereocenters. The van der Waals surface area contributed by atoms with Gasteiger partial charge in [0.05, 0.1) is 22.6 Å². The molecular formula is C24H28N6O. The highest BCUT2D eigenvalue weighted by molar-refractivity contribution is 5.94. The summed E-state index contributed by atoms with van der Waals surface area (Å²) in [6.07, 6.45) is 8.76. The van der Waals surface area contributed by atoms with E-state index in [9.17, 15) is 0 Å². The first-order chi connectivity index (χ1) is 15.0. The molecule has 0 aliphatic heterocycles. The van der Waals surface area contributed by atoms with Gasteiger partial charge in [-0.15, -0.1) is 0 Å². The summed E-state index contributed by atoms with van der Waals surface area (Å²) in [6.45, 7) is 8.22. The number of hydrogen-bond donors (Lipinski definition) is 2. The Kier molecular flexibility index (Phi) is 4.96. The number of aromatic nitrogens is 5. The molecule has 7 nitrogen and oxygen atoms in total. The molecule has 1 saturated carbocycles. The van der Waals surface area contributed by atoms with Crippen molar-refractivity contribution >= 4 is 17.0 Å². The SMILES string of the molecule is Cc1cnc(NC2CCC(C)CC2)nc1-c1c[nH]c2nc(-c3c(C)noc3C)ccc12. The molecule has 4 heterocycles. The summed E-state index contributed by atoms with van der Waals surface area (Å²) < 4.78 is 5.31. The Bertz CT molecular complexity index is 1210. The van der Waals surface area contributed by atoms with Crippen molar-refractivity contribution in [2.24, 2.45) is 5.92 Å². The van der Waals surface area contributed by atoms with E-state index in [1.807, 2.05) is 39.2 Å². The molecule has 0 radical (unpaired) electrons. The molecule has 4 aromatic rings. The van der Waals surface area contributed by atoms with E-state index in [0.29, 0.717) is 12.0 Å². The predicted octanol–water partition coefficient (Wildman–Crippen LogP) is 5.59. The van der Waals surface area contributed by atoms with Crippen molar-refractivity contribution in [3.63, 3.8) is 0 Å². The van der Waals surface area contributed by atoms with Gasteiger partial charge in [0, 0.05) is 29.4 Å². The molecule has 0 saturated heterocycles. The average Bonchev–Trinajstić information content (AvgIpc) is 3.33. The van der Waals surface area contributed by atoms with Crippen LogP contribution in [-0.2, 0) is 0 Å². The third-order valence-electron chi connectivity index (χ3n) is 6.40. The summed E-state index contributed by atoms with van der Waals surface area (Å²) in [5.74, 6) is 2.30. The van der Waals surface area contributed by atoms with Crippen LogP contribution in [0.2, 0.25) is 0 Å². The Labute approximate surface area is 181 Å². The molecular weight excluding hydrogens is 388 g/mol. The number of H-pyrrole nitrogens is 1. The zero-order valence-electron chi connectivity index (χ0n) is 18.5. The van der Waals surface area contributed by atoms with Crippen molar-refractivity contribution in [3.05, 3.63) is 41.5 Å². The van der Waals surface area contributed by atoms with Crippen molar-refractivity contribution in [2.45, 2.75) is 59.4 Å². The minimum atomic E-state index is 0.453. The van der Waals surface area contributed by atoms with Gasteiger partial charge >= 0.3 is 0 Å². The van der Waals surface area contributed by atoms with Crippen molar-refractivity contribution in [1.29, 1.82) is 0 Å². The molecule has 2 N–H and O–H groups in total. The van der Waals surface area contributed by atoms with Gasteiger partial charge < -0.3 is 14.8 Å². The van der Waals surface area contributed by atoms with Crippen molar-refractivity contribution < 1.29 is 4.52 Å². The highest BCUT2D eigenvalue weighted by atomic mass is 16.5. The number of aromatic amines is 1. The van der Waals surface area contributed by atoms with Gasteiger partial charge in [-0.2, -0.15) is 0 Å². The zero-order valence-corrected chi connectivity index (χ0v) is 18.5. The summed E-state index contributed by atoms with van der Waals surface area (Å²) in [4.78, 5) is 17.6. The Morgan fingerprint density at radius 1 is 1.06 bits per heavy atom. The lowest BCUT2D eigenvalue weighted by molar-refractivity contribution is 0.360. The fraction of sp³-hybridized carbons (Fsp3) is 0.417. The molecule has 160 valence electrons. The Balaban J connectivity index is 1.48. The Hall–Kier alpha value is -3.22. The number of fused-ring (bicyclic) bond motifs is 1. The summed E-state index contributed by atoms with van der Waals surface area (Å²) in [6, 6.07) is 4.56. The van der Waals surface area contributed by atoms with Crippen LogP contribution in [0.25, 0.3) is 33.5 Å². The number of aryl methyl sites for hydroxylation is 3. The maximum absolute atomic E-state index is 5.31. The third kappa shape index (κ3) is 3.69. The number of nitrogens with zero attached hydrogens (tertiary/aromatic N) is 4. The van der Waals surface area contributed by atoms with Crippen LogP contribution in [0.3, 0.4) is 0 Å². The first kappa shape index (κ1) is 19.7. The number of pyridine rings is 1. The minimum Gasteiger partial charge on any atom is -0.361 e. The molecule has 0 amide bonds. The van der Waals surface area contributed by atoms with E-state index in [1.165, 1.54) is 25.7 Å². The Morgan fingerprint density at radius 2 is 1.87 bits per heavy atom. The van der Waals surface area contributed by atoms with Gasteiger partial charge in [-0.1, -0.05) is 12.1 Å². The van der Waals surface area contributed by atoms with Crippen molar-refractivity contribution in [1.82, 2.24) is 25.1 Å². The lowest BCUT2D eigenvalue weighted by atomic mass is 9.87. The van der Waals surface area contributed by atoms with Crippen LogP contribution in [0, 0.1) is 26.7 Å². The van der Waals surface area contributed by atoms with Crippen LogP contribution in [0.4, 0.5) is 5.95 Å². The van der Waals surface area contributed by atoms with E-state index >= 15 is 0 Å². The largest absolute Gasteiger partial charge is 0.361 e. The summed E-state index contributed by atoms with van der Waals surface area (Å²) >= 11 is 0. The van der Waals surface area contributed by atoms with Crippen LogP contribution in [0.1, 0.15) is 49.6 Å². The molecule has 4 aromatic heterocycles. The quantitative estimate of drug-likeness (QED) is 0.450. The van der Waals surface area contributed by atoms with E-state index in [1.54, 1.807) is 0 Å². The van der Waals surface area contributed by atoms with Gasteiger partial charge in [0.2, 0.25) is 5.95 Å². The topological polar surface area (TPSA) is 92.5 Å². The average molecular weight is 417 g/mol. The summed E-state index contributed by atoms with van der Waals surface area (Å²) in [5, 5.41) is 8.64. The van der Waals surface area contributed by atoms with Crippen LogP contribution in [0.5, 0.6) is 0 Å². The molecule has 0 atom stereocenters. The van der Waals surface area contributed by atoms with Crippen molar-refractivity contribution in [3.8, 4) is 22.5 Å². The first-order valence-electron chi connectivity index (χ1n) is 11.0. The van der Waals surface area contributed by atoms with Crippen LogP contribution in [0.15, 0.2) is 29.0 Å². The van der Waals surface area contributed by atoms with E-state index in [-0.39, 0.29) is 0 Å². The molecule has 0 spiro atoms. The number of hydrogen-bond acceptors (Lipinski definition) is 6. The van der Waals surface area contributed by atoms with E-state index in [0.717, 1.165) is 56.5 Å². The van der Waals surface area contributed by atoms with Crippen LogP contribution in [-0.4, -0.2) is 31.1 Å². The Morgan fingerprint density at radius 3 is 2.61 bits per heavy atom. The molecule has 31 heavy (non-hydrogen) atoms. The molecule has 1 fully saturated rings. The van der Waals surface area contributed by atoms with Gasteiger partial charge in [0.25, 0.3) is 0 Å². The number of anilines is 1. The summed E-state index contributed by atoms with van der Waals surface area (Å²) in [5.41, 5.74) is 6.47. The lowest BCUT2D eigenvalue weighted by Crippen LogP contribution is -2.26. The molecule has 0 aromatic carbocycles. The van der Waals surface area contributed by atoms with Gasteiger partial charge in [-0.3, -0.25) is 0 Å². The molecule has 0 bridgehead atoms. The second-order valence-electron chi connectivity index (χ2n) is 8.82. The monoisotopic (exact) mass is 416 g/mol. The summed E-state index contributed by atoms with van der Waals surface area (Å²) in [7, 11) is 0. The van der Waals surface area contributed by atoms with Crippen molar-refractivity contribution in [2.75, 3.05) is 5.32 Å². The van der Waals surface area contributed by atoms with Gasteiger partial charge in [-0.25, -0.2) is 15.0 Å². The maximum atomic E-state index is 5.31. The molecule has 1 aliphatic rings. The van der Waals surface area contributed by atoms with E-state index < -0.39 is 0 Å². The number of nitrogens with one attached hydrogen (secondary N) is 2. The van der Waals surface area contributed by atoms with Crippen LogP contribution < -0.4 is 5.32 Å². The fourth-order valence-electron chi connectivity index (χ4n) is 4.56. The third-order valence-corrected chi connectivity index (χ3v) is 6.40. The molecule has 7 heteroatoms. The van der Waals surface area contributed by atoms with E-state index in [4.69, 9.17) is 14.5 Å². The van der Waals surface area contributed by atoms with Gasteiger partial charge in [0.1, 0.15) is 11.4 Å². The van der Waals surface area contributed by atoms with Crippen LogP contribution >= 0.6 is 0 Å². The molecule has 5 rings (SSSR count). The van der Waals surface area contributed by atoms with Gasteiger partial charge in [-0.05, 0) is 70.1 Å². The highest BCUT2D eigenvalue weighted by Gasteiger charge is 2.20. The maximum Gasteiger partial charge on any atom is 0.223 e. The minimum absolute atomic E-state index is 0.453. The second kappa shape index (κ2) is 7.80. The first-order valence-corrected chi connectivity index (χ1v) is 11.0. The number of rotatable bonds is 4. The zero-order chi connectivity index (χ0) is 21.5. The predicted molar refractivity (Wildman–Crippen MR) is 122 cm³/mol. The fourth-order valence-corrected chi connectivity index (χ4v) is 4.56. The second-order valence-corrected chi connectivity index (χ2v) is 8.82. The van der Waals surface area contributed by atoms with E-state index in [2.05, 4.69) is 33.4 Å². The highest BCUT2D eigenvalue weighted by Crippen LogP contribution is 2.33. The standard InChI is InChI=1S/C24H28N6O/c1-13-5-7-17(8-6-13)27-24-26-11-14(2)22(29-24)19-12-25-23-18(19)9-10-20(28-23)21-15(3)30-31-16(21)4/h9-13,17H,5-8H2,1-4H3,(H,25,28)(H,26,27,29). The van der Waals surface area contributed by atoms with Gasteiger partial charge in [0.15, 0.2) is 0 Å². The normalized spacial score (nSPS) is 19.1.